The van der Waals surface area contributed by atoms with Crippen LogP contribution in [0.4, 0.5) is 11.4 Å². The number of hydrogen-bond acceptors (Lipinski definition) is 7. The second-order valence-corrected chi connectivity index (χ2v) is 12.3. The van der Waals surface area contributed by atoms with Crippen LogP contribution in [-0.2, 0) is 17.8 Å². The zero-order chi connectivity index (χ0) is 28.5. The number of aromatic nitrogens is 3. The van der Waals surface area contributed by atoms with Crippen molar-refractivity contribution in [1.29, 1.82) is 0 Å². The highest BCUT2D eigenvalue weighted by Gasteiger charge is 2.50. The molecule has 5 unspecified atom stereocenters. The molecule has 8 rings (SSSR count). The van der Waals surface area contributed by atoms with Gasteiger partial charge in [-0.15, -0.1) is 0 Å². The summed E-state index contributed by atoms with van der Waals surface area (Å²) in [5.74, 6) is 0.856. The number of fused-ring (bicyclic) bond motifs is 9. The molecule has 6 heterocycles. The third kappa shape index (κ3) is 3.96. The molecule has 42 heavy (non-hydrogen) atoms. The SMILES string of the molecule is O=C(C1Cc2cc(N([O-])O)ccc2N2CC3CC(Cn4c3cccc4=O)C12)N1CCCCC1c1nc2ccccc2[nH]1. The molecule has 2 bridgehead atoms. The fourth-order valence-electron chi connectivity index (χ4n) is 8.27. The minimum absolute atomic E-state index is 0.0128. The van der Waals surface area contributed by atoms with Gasteiger partial charge in [0.2, 0.25) is 5.91 Å². The number of likely N-dealkylation sites (tertiary alicyclic amines) is 1. The Balaban J connectivity index is 1.20. The Morgan fingerprint density at radius 2 is 1.95 bits per heavy atom. The molecule has 10 nitrogen and oxygen atoms in total. The summed E-state index contributed by atoms with van der Waals surface area (Å²) in [4.78, 5) is 40.4. The minimum Gasteiger partial charge on any atom is -0.733 e. The molecule has 2 aromatic carbocycles. The van der Waals surface area contributed by atoms with E-state index in [9.17, 15) is 20.0 Å². The third-order valence-electron chi connectivity index (χ3n) is 10.0. The van der Waals surface area contributed by atoms with Crippen LogP contribution in [0.1, 0.15) is 54.7 Å². The maximum atomic E-state index is 14.8. The first-order chi connectivity index (χ1) is 20.5. The van der Waals surface area contributed by atoms with Gasteiger partial charge in [0.25, 0.3) is 5.56 Å². The minimum atomic E-state index is -0.358. The summed E-state index contributed by atoms with van der Waals surface area (Å²) in [6.45, 7) is 1.94. The third-order valence-corrected chi connectivity index (χ3v) is 10.0. The number of anilines is 2. The maximum Gasteiger partial charge on any atom is 0.250 e. The normalized spacial score (nSPS) is 26.4. The van der Waals surface area contributed by atoms with Gasteiger partial charge in [0.1, 0.15) is 5.82 Å². The fourth-order valence-corrected chi connectivity index (χ4v) is 8.27. The molecule has 5 atom stereocenters. The largest absolute Gasteiger partial charge is 0.733 e. The van der Waals surface area contributed by atoms with Gasteiger partial charge in [-0.2, -0.15) is 0 Å². The lowest BCUT2D eigenvalue weighted by Crippen LogP contribution is -2.61. The number of amides is 1. The first-order valence-corrected chi connectivity index (χ1v) is 15.0. The van der Waals surface area contributed by atoms with Crippen molar-refractivity contribution in [2.24, 2.45) is 11.8 Å². The Morgan fingerprint density at radius 1 is 1.07 bits per heavy atom. The van der Waals surface area contributed by atoms with Crippen molar-refractivity contribution in [3.63, 3.8) is 0 Å². The summed E-state index contributed by atoms with van der Waals surface area (Å²) in [7, 11) is 0. The number of carbonyl (C=O) groups is 1. The molecule has 0 saturated carbocycles. The van der Waals surface area contributed by atoms with Gasteiger partial charge in [0.05, 0.1) is 28.7 Å². The van der Waals surface area contributed by atoms with E-state index in [1.54, 1.807) is 18.2 Å². The van der Waals surface area contributed by atoms with Crippen LogP contribution in [0.25, 0.3) is 11.0 Å². The van der Waals surface area contributed by atoms with E-state index in [4.69, 9.17) is 4.98 Å². The Morgan fingerprint density at radius 3 is 2.81 bits per heavy atom. The van der Waals surface area contributed by atoms with E-state index in [0.717, 1.165) is 59.5 Å². The second kappa shape index (κ2) is 9.71. The first kappa shape index (κ1) is 25.6. The van der Waals surface area contributed by atoms with Crippen molar-refractivity contribution >= 4 is 28.3 Å². The molecule has 1 amide bonds. The lowest BCUT2D eigenvalue weighted by atomic mass is 9.69. The highest BCUT2D eigenvalue weighted by Crippen LogP contribution is 2.48. The zero-order valence-corrected chi connectivity index (χ0v) is 23.2. The first-order valence-electron chi connectivity index (χ1n) is 15.0. The summed E-state index contributed by atoms with van der Waals surface area (Å²) < 4.78 is 1.91. The molecule has 4 aromatic rings. The van der Waals surface area contributed by atoms with E-state index in [1.807, 2.05) is 51.9 Å². The van der Waals surface area contributed by atoms with Crippen molar-refractivity contribution in [2.75, 3.05) is 23.2 Å². The topological polar surface area (TPSA) is 121 Å². The number of H-pyrrole nitrogens is 1. The molecule has 2 aromatic heterocycles. The van der Waals surface area contributed by atoms with Crippen molar-refractivity contribution < 1.29 is 10.0 Å². The van der Waals surface area contributed by atoms with Gasteiger partial charge in [0.15, 0.2) is 0 Å². The number of benzene rings is 2. The molecule has 0 spiro atoms. The van der Waals surface area contributed by atoms with E-state index < -0.39 is 0 Å². The van der Waals surface area contributed by atoms with Gasteiger partial charge in [-0.1, -0.05) is 18.2 Å². The number of aromatic amines is 1. The molecule has 4 aliphatic rings. The number of piperidine rings is 2. The highest BCUT2D eigenvalue weighted by molar-refractivity contribution is 5.83. The lowest BCUT2D eigenvalue weighted by molar-refractivity contribution is -0.141. The van der Waals surface area contributed by atoms with Crippen LogP contribution < -0.4 is 15.7 Å². The van der Waals surface area contributed by atoms with E-state index in [1.165, 1.54) is 0 Å². The van der Waals surface area contributed by atoms with Crippen molar-refractivity contribution in [3.8, 4) is 0 Å². The fraction of sp³-hybridized carbons (Fsp3) is 0.406. The van der Waals surface area contributed by atoms with E-state index in [2.05, 4.69) is 9.88 Å². The lowest BCUT2D eigenvalue weighted by Gasteiger charge is -2.55. The number of hydrogen-bond donors (Lipinski definition) is 2. The van der Waals surface area contributed by atoms with E-state index in [-0.39, 0.29) is 52.2 Å². The van der Waals surface area contributed by atoms with Gasteiger partial charge < -0.3 is 29.8 Å². The Labute approximate surface area is 242 Å². The average molecular weight is 566 g/mol. The van der Waals surface area contributed by atoms with Crippen molar-refractivity contribution in [1.82, 2.24) is 19.4 Å². The standard InChI is InChI=1S/C32H33N6O4/c39-29-10-5-9-26-20-14-21(18-36(26)29)30-23(16-19-15-22(38(41)42)11-12-27(19)37(30)17-20)32(40)35-13-4-3-8-28(35)31-33-24-6-1-2-7-25(24)34-31/h1-2,5-7,9-12,15,20-21,23,28,30,41H,3-4,8,13-14,16-18H2,(H,33,34)/q-1. The van der Waals surface area contributed by atoms with Crippen LogP contribution in [-0.4, -0.2) is 49.7 Å². The zero-order valence-electron chi connectivity index (χ0n) is 23.2. The number of carbonyl (C=O) groups excluding carboxylic acids is 1. The molecule has 10 heteroatoms. The smallest absolute Gasteiger partial charge is 0.250 e. The van der Waals surface area contributed by atoms with Gasteiger partial charge in [-0.05, 0) is 80.0 Å². The maximum absolute atomic E-state index is 14.8. The average Bonchev–Trinajstić information content (AvgIpc) is 3.45. The Bertz CT molecular complexity index is 1710. The molecule has 2 N–H and O–H groups in total. The van der Waals surface area contributed by atoms with E-state index in [0.29, 0.717) is 26.1 Å². The number of nitrogens with zero attached hydrogens (tertiary/aromatic N) is 5. The van der Waals surface area contributed by atoms with Crippen molar-refractivity contribution in [3.05, 3.63) is 93.3 Å². The molecule has 2 saturated heterocycles. The van der Waals surface area contributed by atoms with Crippen LogP contribution in [0.2, 0.25) is 0 Å². The molecule has 216 valence electrons. The van der Waals surface area contributed by atoms with Gasteiger partial charge in [-0.3, -0.25) is 14.8 Å². The number of para-hydroxylation sites is 2. The van der Waals surface area contributed by atoms with Crippen LogP contribution in [0, 0.1) is 17.0 Å². The molecular formula is C32H33N6O4-. The highest BCUT2D eigenvalue weighted by atomic mass is 16.8. The predicted molar refractivity (Wildman–Crippen MR) is 158 cm³/mol. The van der Waals surface area contributed by atoms with Crippen molar-refractivity contribution in [2.45, 2.75) is 56.7 Å². The predicted octanol–water partition coefficient (Wildman–Crippen LogP) is 4.34. The summed E-state index contributed by atoms with van der Waals surface area (Å²) in [5, 5.41) is 21.4. The van der Waals surface area contributed by atoms with Crippen LogP contribution in [0.5, 0.6) is 0 Å². The number of imidazole rings is 1. The molecule has 0 radical (unpaired) electrons. The summed E-state index contributed by atoms with van der Waals surface area (Å²) in [6.07, 6.45) is 4.21. The summed E-state index contributed by atoms with van der Waals surface area (Å²) in [5.41, 5.74) is 4.97. The molecule has 4 aliphatic heterocycles. The quantitative estimate of drug-likeness (QED) is 0.355. The Hall–Kier alpha value is -4.15. The van der Waals surface area contributed by atoms with Gasteiger partial charge in [0, 0.05) is 49.0 Å². The summed E-state index contributed by atoms with van der Waals surface area (Å²) in [6, 6.07) is 18.5. The molecule has 0 aliphatic carbocycles. The monoisotopic (exact) mass is 565 g/mol. The van der Waals surface area contributed by atoms with E-state index >= 15 is 0 Å². The molecule has 2 fully saturated rings. The van der Waals surface area contributed by atoms with Gasteiger partial charge in [-0.25, -0.2) is 4.98 Å². The van der Waals surface area contributed by atoms with Crippen LogP contribution in [0.15, 0.2) is 65.5 Å². The number of pyridine rings is 1. The number of rotatable bonds is 3. The van der Waals surface area contributed by atoms with Crippen LogP contribution in [0.3, 0.4) is 0 Å². The van der Waals surface area contributed by atoms with Crippen LogP contribution >= 0.6 is 0 Å². The second-order valence-electron chi connectivity index (χ2n) is 12.3. The number of nitrogens with one attached hydrogen (secondary N) is 1. The van der Waals surface area contributed by atoms with Gasteiger partial charge >= 0.3 is 0 Å². The molecular weight excluding hydrogens is 532 g/mol. The summed E-state index contributed by atoms with van der Waals surface area (Å²) >= 11 is 0. The Kier molecular flexibility index (Phi) is 5.91.